The fraction of sp³-hybridized carbons (Fsp3) is 0.0909. The highest BCUT2D eigenvalue weighted by atomic mass is 32.1. The predicted molar refractivity (Wildman–Crippen MR) is 64.6 cm³/mol. The van der Waals surface area contributed by atoms with Crippen molar-refractivity contribution >= 4 is 22.2 Å². The Morgan fingerprint density at radius 1 is 1.31 bits per heavy atom. The lowest BCUT2D eigenvalue weighted by Crippen LogP contribution is -2.11. The standard InChI is InChI=1S/C11H10N2O2S/c1-13(8-5-3-2-4-6-8)11-12-9(14)7-10(15)16-11/h2-7,14H,1H3. The van der Waals surface area contributed by atoms with Crippen molar-refractivity contribution in [2.24, 2.45) is 0 Å². The van der Waals surface area contributed by atoms with Crippen LogP contribution in [-0.4, -0.2) is 17.1 Å². The van der Waals surface area contributed by atoms with Crippen molar-refractivity contribution in [2.45, 2.75) is 0 Å². The summed E-state index contributed by atoms with van der Waals surface area (Å²) in [5, 5.41) is 9.73. The van der Waals surface area contributed by atoms with E-state index in [0.717, 1.165) is 23.1 Å². The largest absolute Gasteiger partial charge is 0.493 e. The molecule has 0 radical (unpaired) electrons. The Balaban J connectivity index is 2.41. The van der Waals surface area contributed by atoms with Crippen molar-refractivity contribution in [1.82, 2.24) is 4.98 Å². The van der Waals surface area contributed by atoms with E-state index in [2.05, 4.69) is 4.98 Å². The number of aromatic hydroxyl groups is 1. The number of para-hydroxylation sites is 1. The molecule has 0 spiro atoms. The molecule has 0 atom stereocenters. The van der Waals surface area contributed by atoms with Crippen molar-refractivity contribution in [3.05, 3.63) is 45.9 Å². The van der Waals surface area contributed by atoms with Crippen molar-refractivity contribution in [1.29, 1.82) is 0 Å². The van der Waals surface area contributed by atoms with Crippen molar-refractivity contribution in [3.63, 3.8) is 0 Å². The molecule has 1 N–H and O–H groups in total. The third-order valence-electron chi connectivity index (χ3n) is 2.08. The Morgan fingerprint density at radius 3 is 2.62 bits per heavy atom. The van der Waals surface area contributed by atoms with E-state index in [9.17, 15) is 9.90 Å². The minimum Gasteiger partial charge on any atom is -0.493 e. The molecule has 0 bridgehead atoms. The summed E-state index contributed by atoms with van der Waals surface area (Å²) in [6.45, 7) is 0. The van der Waals surface area contributed by atoms with Crippen LogP contribution in [0.5, 0.6) is 5.88 Å². The summed E-state index contributed by atoms with van der Waals surface area (Å²) in [6, 6.07) is 10.6. The third-order valence-corrected chi connectivity index (χ3v) is 2.95. The number of nitrogens with zero attached hydrogens (tertiary/aromatic N) is 2. The molecule has 16 heavy (non-hydrogen) atoms. The molecule has 2 aromatic rings. The van der Waals surface area contributed by atoms with Crippen LogP contribution in [0.1, 0.15) is 0 Å². The van der Waals surface area contributed by atoms with Gasteiger partial charge in [-0.3, -0.25) is 4.79 Å². The summed E-state index contributed by atoms with van der Waals surface area (Å²) in [4.78, 5) is 16.9. The Morgan fingerprint density at radius 2 is 2.00 bits per heavy atom. The Labute approximate surface area is 96.4 Å². The fourth-order valence-corrected chi connectivity index (χ4v) is 2.01. The molecule has 0 fully saturated rings. The third kappa shape index (κ3) is 2.20. The molecular formula is C11H10N2O2S. The van der Waals surface area contributed by atoms with Crippen molar-refractivity contribution < 1.29 is 5.11 Å². The van der Waals surface area contributed by atoms with Crippen LogP contribution in [0.15, 0.2) is 41.2 Å². The summed E-state index contributed by atoms with van der Waals surface area (Å²) in [5.41, 5.74) is 0.913. The molecule has 0 unspecified atom stereocenters. The van der Waals surface area contributed by atoms with E-state index in [1.165, 1.54) is 0 Å². The summed E-state index contributed by atoms with van der Waals surface area (Å²) in [6.07, 6.45) is 0. The zero-order chi connectivity index (χ0) is 11.5. The molecule has 0 aliphatic carbocycles. The summed E-state index contributed by atoms with van der Waals surface area (Å²) < 4.78 is -0.217. The Kier molecular flexibility index (Phi) is 2.87. The van der Waals surface area contributed by atoms with Crippen molar-refractivity contribution in [3.8, 4) is 5.88 Å². The number of rotatable bonds is 2. The predicted octanol–water partition coefficient (Wildman–Crippen LogP) is 1.98. The highest BCUT2D eigenvalue weighted by Gasteiger charge is 2.07. The molecule has 1 heterocycles. The van der Waals surface area contributed by atoms with Gasteiger partial charge >= 0.3 is 0 Å². The van der Waals surface area contributed by atoms with E-state index in [-0.39, 0.29) is 10.6 Å². The van der Waals surface area contributed by atoms with Gasteiger partial charge in [0.1, 0.15) is 0 Å². The molecule has 0 amide bonds. The summed E-state index contributed by atoms with van der Waals surface area (Å²) in [7, 11) is 1.80. The Hall–Kier alpha value is -1.88. The maximum absolute atomic E-state index is 11.2. The van der Waals surface area contributed by atoms with Gasteiger partial charge in [-0.15, -0.1) is 0 Å². The molecule has 1 aromatic heterocycles. The lowest BCUT2D eigenvalue weighted by atomic mass is 10.3. The molecule has 82 valence electrons. The molecular weight excluding hydrogens is 224 g/mol. The number of hydrogen-bond donors (Lipinski definition) is 1. The van der Waals surface area contributed by atoms with Crippen LogP contribution in [0.25, 0.3) is 0 Å². The van der Waals surface area contributed by atoms with Gasteiger partial charge < -0.3 is 10.0 Å². The lowest BCUT2D eigenvalue weighted by molar-refractivity contribution is 0.454. The maximum atomic E-state index is 11.2. The van der Waals surface area contributed by atoms with Crippen LogP contribution in [-0.2, 0) is 0 Å². The minimum absolute atomic E-state index is 0.217. The number of aromatic nitrogens is 1. The SMILES string of the molecule is CN(c1ccccc1)c1nc(O)cc(=O)s1. The van der Waals surface area contributed by atoms with E-state index < -0.39 is 0 Å². The summed E-state index contributed by atoms with van der Waals surface area (Å²) >= 11 is 0.994. The van der Waals surface area contributed by atoms with Crippen LogP contribution >= 0.6 is 11.3 Å². The van der Waals surface area contributed by atoms with E-state index >= 15 is 0 Å². The zero-order valence-corrected chi connectivity index (χ0v) is 9.44. The van der Waals surface area contributed by atoms with Crippen LogP contribution in [0.4, 0.5) is 10.8 Å². The van der Waals surface area contributed by atoms with Gasteiger partial charge in [-0.25, -0.2) is 0 Å². The van der Waals surface area contributed by atoms with Crippen LogP contribution in [0.2, 0.25) is 0 Å². The first-order valence-electron chi connectivity index (χ1n) is 4.67. The maximum Gasteiger partial charge on any atom is 0.241 e. The molecule has 4 nitrogen and oxygen atoms in total. The smallest absolute Gasteiger partial charge is 0.241 e. The van der Waals surface area contributed by atoms with E-state index in [1.807, 2.05) is 30.3 Å². The van der Waals surface area contributed by atoms with E-state index in [4.69, 9.17) is 0 Å². The topological polar surface area (TPSA) is 53.4 Å². The van der Waals surface area contributed by atoms with Gasteiger partial charge in [-0.05, 0) is 12.1 Å². The lowest BCUT2D eigenvalue weighted by Gasteiger charge is -2.16. The van der Waals surface area contributed by atoms with Crippen LogP contribution in [0.3, 0.4) is 0 Å². The first-order chi connectivity index (χ1) is 7.66. The number of anilines is 2. The highest BCUT2D eigenvalue weighted by Crippen LogP contribution is 2.24. The number of hydrogen-bond acceptors (Lipinski definition) is 5. The first-order valence-corrected chi connectivity index (χ1v) is 5.48. The van der Waals surface area contributed by atoms with E-state index in [1.54, 1.807) is 11.9 Å². The average Bonchev–Trinajstić information content (AvgIpc) is 2.28. The second kappa shape index (κ2) is 4.32. The Bertz CT molecular complexity index is 539. The zero-order valence-electron chi connectivity index (χ0n) is 8.62. The monoisotopic (exact) mass is 234 g/mol. The quantitative estimate of drug-likeness (QED) is 0.863. The van der Waals surface area contributed by atoms with Gasteiger partial charge in [0.2, 0.25) is 10.6 Å². The number of benzene rings is 1. The molecule has 0 aliphatic heterocycles. The van der Waals surface area contributed by atoms with Crippen molar-refractivity contribution in [2.75, 3.05) is 11.9 Å². The highest BCUT2D eigenvalue weighted by molar-refractivity contribution is 7.13. The van der Waals surface area contributed by atoms with Gasteiger partial charge in [0.25, 0.3) is 0 Å². The second-order valence-corrected chi connectivity index (χ2v) is 4.18. The van der Waals surface area contributed by atoms with Gasteiger partial charge in [0.15, 0.2) is 5.13 Å². The van der Waals surface area contributed by atoms with Gasteiger partial charge in [0.05, 0.1) is 6.07 Å². The molecule has 0 saturated carbocycles. The van der Waals surface area contributed by atoms with Crippen LogP contribution in [0, 0.1) is 0 Å². The van der Waals surface area contributed by atoms with Gasteiger partial charge in [-0.1, -0.05) is 29.5 Å². The fourth-order valence-electron chi connectivity index (χ4n) is 1.28. The average molecular weight is 234 g/mol. The van der Waals surface area contributed by atoms with E-state index in [0.29, 0.717) is 5.13 Å². The molecule has 5 heteroatoms. The summed E-state index contributed by atoms with van der Waals surface area (Å²) in [5.74, 6) is -0.249. The molecule has 0 saturated heterocycles. The normalized spacial score (nSPS) is 10.1. The molecule has 1 aromatic carbocycles. The van der Waals surface area contributed by atoms with Gasteiger partial charge in [-0.2, -0.15) is 4.98 Å². The van der Waals surface area contributed by atoms with Gasteiger partial charge in [0, 0.05) is 12.7 Å². The molecule has 0 aliphatic rings. The second-order valence-electron chi connectivity index (χ2n) is 3.21. The van der Waals surface area contributed by atoms with Crippen LogP contribution < -0.4 is 9.64 Å². The minimum atomic E-state index is -0.249. The molecule has 2 rings (SSSR count). The first kappa shape index (κ1) is 10.6.